The predicted molar refractivity (Wildman–Crippen MR) is 122 cm³/mol. The van der Waals surface area contributed by atoms with Gasteiger partial charge in [0.05, 0.1) is 0 Å². The molecule has 0 radical (unpaired) electrons. The number of aliphatic imine (C=N–C) groups is 1. The second kappa shape index (κ2) is 12.4. The topological polar surface area (TPSA) is 96.9 Å². The number of hydrogen-bond donors (Lipinski definition) is 3. The Balaban J connectivity index is 1.68. The van der Waals surface area contributed by atoms with Crippen LogP contribution in [-0.2, 0) is 17.9 Å². The van der Waals surface area contributed by atoms with Crippen molar-refractivity contribution in [2.75, 3.05) is 20.1 Å². The van der Waals surface area contributed by atoms with Crippen LogP contribution in [0.2, 0.25) is 0 Å². The molecule has 0 saturated heterocycles. The summed E-state index contributed by atoms with van der Waals surface area (Å²) in [5.41, 5.74) is 1.64. The van der Waals surface area contributed by atoms with Gasteiger partial charge in [-0.05, 0) is 44.4 Å². The Hall–Kier alpha value is -3.29. The molecule has 0 aliphatic rings. The highest BCUT2D eigenvalue weighted by atomic mass is 16.6. The maximum Gasteiger partial charge on any atom is 0.407 e. The molecule has 0 bridgehead atoms. The molecule has 0 unspecified atom stereocenters. The lowest BCUT2D eigenvalue weighted by molar-refractivity contribution is 0.0527. The second-order valence-electron chi connectivity index (χ2n) is 7.91. The second-order valence-corrected chi connectivity index (χ2v) is 7.91. The van der Waals surface area contributed by atoms with E-state index >= 15 is 0 Å². The van der Waals surface area contributed by atoms with E-state index in [2.05, 4.69) is 25.9 Å². The van der Waals surface area contributed by atoms with Crippen LogP contribution in [0.25, 0.3) is 0 Å². The van der Waals surface area contributed by atoms with Crippen molar-refractivity contribution in [3.63, 3.8) is 0 Å². The molecule has 2 rings (SSSR count). The first kappa shape index (κ1) is 24.0. The fraction of sp³-hybridized carbons (Fsp3) is 0.435. The summed E-state index contributed by atoms with van der Waals surface area (Å²) in [4.78, 5) is 20.1. The van der Waals surface area contributed by atoms with Crippen LogP contribution in [0.4, 0.5) is 4.79 Å². The summed E-state index contributed by atoms with van der Waals surface area (Å²) >= 11 is 0. The van der Waals surface area contributed by atoms with Crippen molar-refractivity contribution in [1.82, 2.24) is 20.9 Å². The number of nitrogens with one attached hydrogen (secondary N) is 3. The lowest BCUT2D eigenvalue weighted by Crippen LogP contribution is -2.39. The van der Waals surface area contributed by atoms with Gasteiger partial charge < -0.3 is 25.4 Å². The first-order chi connectivity index (χ1) is 14.9. The molecule has 1 heterocycles. The van der Waals surface area contributed by atoms with E-state index in [1.807, 2.05) is 63.2 Å². The fourth-order valence-corrected chi connectivity index (χ4v) is 2.58. The summed E-state index contributed by atoms with van der Waals surface area (Å²) < 4.78 is 11.0. The molecule has 0 saturated carbocycles. The van der Waals surface area contributed by atoms with Gasteiger partial charge in [-0.15, -0.1) is 0 Å². The molecule has 0 atom stereocenters. The van der Waals surface area contributed by atoms with Crippen LogP contribution in [0.15, 0.2) is 53.7 Å². The Kier molecular flexibility index (Phi) is 9.61. The Morgan fingerprint density at radius 2 is 1.77 bits per heavy atom. The maximum absolute atomic E-state index is 11.6. The van der Waals surface area contributed by atoms with Gasteiger partial charge in [0.15, 0.2) is 5.96 Å². The molecule has 31 heavy (non-hydrogen) atoms. The van der Waals surface area contributed by atoms with Crippen LogP contribution in [0.3, 0.4) is 0 Å². The van der Waals surface area contributed by atoms with E-state index in [1.54, 1.807) is 13.2 Å². The molecule has 3 N–H and O–H groups in total. The molecule has 168 valence electrons. The summed E-state index contributed by atoms with van der Waals surface area (Å²) in [5, 5.41) is 9.22. The van der Waals surface area contributed by atoms with Crippen molar-refractivity contribution in [2.24, 2.45) is 4.99 Å². The third-order valence-electron chi connectivity index (χ3n) is 4.03. The first-order valence-electron chi connectivity index (χ1n) is 10.4. The van der Waals surface area contributed by atoms with Crippen molar-refractivity contribution < 1.29 is 14.3 Å². The van der Waals surface area contributed by atoms with E-state index in [-0.39, 0.29) is 0 Å². The molecule has 0 aliphatic carbocycles. The SMILES string of the molecule is CN=C(NCCCNC(=O)OC(C)(C)C)NCc1ccnc(OCc2ccccc2)c1. The summed E-state index contributed by atoms with van der Waals surface area (Å²) in [6.07, 6.45) is 2.07. The van der Waals surface area contributed by atoms with Crippen molar-refractivity contribution in [1.29, 1.82) is 0 Å². The normalized spacial score (nSPS) is 11.5. The van der Waals surface area contributed by atoms with Crippen molar-refractivity contribution >= 4 is 12.1 Å². The number of pyridine rings is 1. The largest absolute Gasteiger partial charge is 0.473 e. The van der Waals surface area contributed by atoms with E-state index in [9.17, 15) is 4.79 Å². The van der Waals surface area contributed by atoms with Crippen molar-refractivity contribution in [3.05, 3.63) is 59.8 Å². The minimum Gasteiger partial charge on any atom is -0.473 e. The highest BCUT2D eigenvalue weighted by Gasteiger charge is 2.15. The van der Waals surface area contributed by atoms with Crippen LogP contribution >= 0.6 is 0 Å². The minimum atomic E-state index is -0.492. The number of hydrogen-bond acceptors (Lipinski definition) is 5. The highest BCUT2D eigenvalue weighted by molar-refractivity contribution is 5.79. The molecule has 1 aromatic carbocycles. The standard InChI is InChI=1S/C23H33N5O3/c1-23(2,3)31-22(29)27-13-8-12-26-21(24-4)28-16-19-11-14-25-20(15-19)30-17-18-9-6-5-7-10-18/h5-7,9-11,14-15H,8,12-13,16-17H2,1-4H3,(H,27,29)(H2,24,26,28). The van der Waals surface area contributed by atoms with Crippen LogP contribution in [0.1, 0.15) is 38.3 Å². The number of ether oxygens (including phenoxy) is 2. The predicted octanol–water partition coefficient (Wildman–Crippen LogP) is 3.24. The van der Waals surface area contributed by atoms with Gasteiger partial charge in [-0.2, -0.15) is 0 Å². The number of guanidine groups is 1. The van der Waals surface area contributed by atoms with Gasteiger partial charge in [-0.1, -0.05) is 30.3 Å². The van der Waals surface area contributed by atoms with Gasteiger partial charge >= 0.3 is 6.09 Å². The number of amides is 1. The molecular weight excluding hydrogens is 394 g/mol. The van der Waals surface area contributed by atoms with Gasteiger partial charge in [0.1, 0.15) is 12.2 Å². The summed E-state index contributed by atoms with van der Waals surface area (Å²) in [6.45, 7) is 7.76. The van der Waals surface area contributed by atoms with Crippen LogP contribution < -0.4 is 20.7 Å². The van der Waals surface area contributed by atoms with Gasteiger partial charge in [0.2, 0.25) is 5.88 Å². The third kappa shape index (κ3) is 10.3. The Bertz CT molecular complexity index is 835. The zero-order valence-corrected chi connectivity index (χ0v) is 18.8. The van der Waals surface area contributed by atoms with Gasteiger partial charge in [-0.25, -0.2) is 9.78 Å². The van der Waals surface area contributed by atoms with Crippen LogP contribution in [0.5, 0.6) is 5.88 Å². The molecule has 0 spiro atoms. The fourth-order valence-electron chi connectivity index (χ4n) is 2.58. The monoisotopic (exact) mass is 427 g/mol. The highest BCUT2D eigenvalue weighted by Crippen LogP contribution is 2.11. The smallest absolute Gasteiger partial charge is 0.407 e. The molecule has 8 nitrogen and oxygen atoms in total. The zero-order valence-electron chi connectivity index (χ0n) is 18.8. The summed E-state index contributed by atoms with van der Waals surface area (Å²) in [6, 6.07) is 13.8. The zero-order chi connectivity index (χ0) is 22.5. The Labute approximate surface area is 184 Å². The average Bonchev–Trinajstić information content (AvgIpc) is 2.74. The number of rotatable bonds is 9. The molecular formula is C23H33N5O3. The van der Waals surface area contributed by atoms with E-state index in [4.69, 9.17) is 9.47 Å². The first-order valence-corrected chi connectivity index (χ1v) is 10.4. The van der Waals surface area contributed by atoms with Gasteiger partial charge in [0, 0.05) is 38.9 Å². The Morgan fingerprint density at radius 1 is 1.03 bits per heavy atom. The molecule has 0 aliphatic heterocycles. The van der Waals surface area contributed by atoms with Gasteiger partial charge in [0.25, 0.3) is 0 Å². The summed E-state index contributed by atoms with van der Waals surface area (Å²) in [5.74, 6) is 1.26. The van der Waals surface area contributed by atoms with Crippen LogP contribution in [-0.4, -0.2) is 42.8 Å². The van der Waals surface area contributed by atoms with E-state index in [0.717, 1.165) is 17.5 Å². The van der Waals surface area contributed by atoms with E-state index in [0.29, 0.717) is 38.1 Å². The lowest BCUT2D eigenvalue weighted by atomic mass is 10.2. The average molecular weight is 428 g/mol. The van der Waals surface area contributed by atoms with Crippen LogP contribution in [0, 0.1) is 0 Å². The maximum atomic E-state index is 11.6. The molecule has 2 aromatic rings. The number of alkyl carbamates (subject to hydrolysis) is 1. The molecule has 8 heteroatoms. The number of nitrogens with zero attached hydrogens (tertiary/aromatic N) is 2. The number of benzene rings is 1. The molecule has 0 fully saturated rings. The third-order valence-corrected chi connectivity index (χ3v) is 4.03. The van der Waals surface area contributed by atoms with Gasteiger partial charge in [-0.3, -0.25) is 4.99 Å². The van der Waals surface area contributed by atoms with E-state index in [1.165, 1.54) is 0 Å². The number of aromatic nitrogens is 1. The molecule has 1 aromatic heterocycles. The number of carbonyl (C=O) groups is 1. The van der Waals surface area contributed by atoms with Crippen molar-refractivity contribution in [2.45, 2.75) is 45.9 Å². The summed E-state index contributed by atoms with van der Waals surface area (Å²) in [7, 11) is 1.72. The van der Waals surface area contributed by atoms with Crippen molar-refractivity contribution in [3.8, 4) is 5.88 Å². The lowest BCUT2D eigenvalue weighted by Gasteiger charge is -2.19. The Morgan fingerprint density at radius 3 is 2.48 bits per heavy atom. The van der Waals surface area contributed by atoms with E-state index < -0.39 is 11.7 Å². The molecule has 1 amide bonds. The quantitative estimate of drug-likeness (QED) is 0.323. The minimum absolute atomic E-state index is 0.405. The number of carbonyl (C=O) groups excluding carboxylic acids is 1.